The third-order valence-corrected chi connectivity index (χ3v) is 7.57. The molecule has 31 heavy (non-hydrogen) atoms. The molecule has 0 aliphatic carbocycles. The molecule has 2 aromatic carbocycles. The highest BCUT2D eigenvalue weighted by Gasteiger charge is 2.18. The van der Waals surface area contributed by atoms with Crippen LogP contribution < -0.4 is 9.62 Å². The van der Waals surface area contributed by atoms with Gasteiger partial charge in [0.25, 0.3) is 0 Å². The first-order valence-electron chi connectivity index (χ1n) is 9.91. The number of nitrogens with one attached hydrogen (secondary N) is 1. The topological polar surface area (TPSA) is 66.5 Å². The molecule has 2 aromatic rings. The van der Waals surface area contributed by atoms with Crippen LogP contribution in [0.5, 0.6) is 0 Å². The predicted molar refractivity (Wildman–Crippen MR) is 133 cm³/mol. The van der Waals surface area contributed by atoms with Gasteiger partial charge in [-0.2, -0.15) is 11.8 Å². The molecule has 0 unspecified atom stereocenters. The van der Waals surface area contributed by atoms with Crippen LogP contribution in [0.3, 0.4) is 0 Å². The highest BCUT2D eigenvalue weighted by atomic mass is 35.5. The molecule has 0 bridgehead atoms. The van der Waals surface area contributed by atoms with E-state index in [4.69, 9.17) is 23.2 Å². The van der Waals surface area contributed by atoms with E-state index in [0.717, 1.165) is 28.2 Å². The van der Waals surface area contributed by atoms with Gasteiger partial charge in [0.2, 0.25) is 15.9 Å². The van der Waals surface area contributed by atoms with Crippen molar-refractivity contribution >= 4 is 56.6 Å². The molecule has 0 spiro atoms. The molecule has 0 atom stereocenters. The zero-order valence-electron chi connectivity index (χ0n) is 18.0. The number of rotatable bonds is 11. The van der Waals surface area contributed by atoms with Gasteiger partial charge in [-0.1, -0.05) is 35.3 Å². The van der Waals surface area contributed by atoms with Gasteiger partial charge in [-0.3, -0.25) is 9.10 Å². The Kier molecular flexibility index (Phi) is 10.0. The van der Waals surface area contributed by atoms with Crippen molar-refractivity contribution in [3.63, 3.8) is 0 Å². The van der Waals surface area contributed by atoms with Gasteiger partial charge in [-0.15, -0.1) is 0 Å². The second kappa shape index (κ2) is 12.0. The molecule has 0 fully saturated rings. The molecule has 0 aliphatic rings. The van der Waals surface area contributed by atoms with E-state index >= 15 is 0 Å². The van der Waals surface area contributed by atoms with E-state index in [1.54, 1.807) is 23.9 Å². The van der Waals surface area contributed by atoms with Crippen LogP contribution in [0.25, 0.3) is 0 Å². The zero-order valence-corrected chi connectivity index (χ0v) is 21.1. The third-order valence-electron chi connectivity index (χ3n) is 4.79. The summed E-state index contributed by atoms with van der Waals surface area (Å²) >= 11 is 13.7. The van der Waals surface area contributed by atoms with E-state index in [2.05, 4.69) is 5.32 Å². The van der Waals surface area contributed by atoms with Gasteiger partial charge < -0.3 is 5.32 Å². The number of thioether (sulfide) groups is 1. The van der Waals surface area contributed by atoms with E-state index in [9.17, 15) is 13.2 Å². The summed E-state index contributed by atoms with van der Waals surface area (Å²) in [4.78, 5) is 12.1. The Labute approximate surface area is 199 Å². The summed E-state index contributed by atoms with van der Waals surface area (Å²) in [7, 11) is -3.42. The van der Waals surface area contributed by atoms with Gasteiger partial charge >= 0.3 is 0 Å². The largest absolute Gasteiger partial charge is 0.355 e. The van der Waals surface area contributed by atoms with Crippen LogP contribution in [0.2, 0.25) is 10.0 Å². The zero-order chi connectivity index (χ0) is 23.0. The lowest BCUT2D eigenvalue weighted by molar-refractivity contribution is -0.121. The number of hydrogen-bond donors (Lipinski definition) is 1. The second-order valence-electron chi connectivity index (χ2n) is 7.35. The number of hydrogen-bond acceptors (Lipinski definition) is 4. The summed E-state index contributed by atoms with van der Waals surface area (Å²) in [5.41, 5.74) is 3.77. The number of halogens is 2. The summed E-state index contributed by atoms with van der Waals surface area (Å²) in [6.07, 6.45) is 1.90. The van der Waals surface area contributed by atoms with Gasteiger partial charge in [0.15, 0.2) is 0 Å². The minimum Gasteiger partial charge on any atom is -0.355 e. The third kappa shape index (κ3) is 8.56. The van der Waals surface area contributed by atoms with Crippen LogP contribution >= 0.6 is 35.0 Å². The van der Waals surface area contributed by atoms with Crippen molar-refractivity contribution in [1.29, 1.82) is 0 Å². The minimum atomic E-state index is -3.42. The van der Waals surface area contributed by atoms with Crippen LogP contribution in [0.15, 0.2) is 36.4 Å². The number of aryl methyl sites for hydroxylation is 2. The Morgan fingerprint density at radius 1 is 1.10 bits per heavy atom. The van der Waals surface area contributed by atoms with E-state index in [0.29, 0.717) is 28.7 Å². The molecule has 5 nitrogen and oxygen atoms in total. The monoisotopic (exact) mass is 502 g/mol. The van der Waals surface area contributed by atoms with E-state index in [-0.39, 0.29) is 18.9 Å². The Bertz CT molecular complexity index is 1010. The molecule has 0 radical (unpaired) electrons. The normalized spacial score (nSPS) is 11.4. The first kappa shape index (κ1) is 25.8. The van der Waals surface area contributed by atoms with Crippen molar-refractivity contribution in [1.82, 2.24) is 5.32 Å². The van der Waals surface area contributed by atoms with Crippen molar-refractivity contribution in [3.05, 3.63) is 63.1 Å². The van der Waals surface area contributed by atoms with Gasteiger partial charge in [0.05, 0.1) is 11.9 Å². The number of amides is 1. The van der Waals surface area contributed by atoms with Gasteiger partial charge in [0, 0.05) is 41.1 Å². The smallest absolute Gasteiger partial charge is 0.232 e. The summed E-state index contributed by atoms with van der Waals surface area (Å²) < 4.78 is 25.8. The molecule has 0 heterocycles. The lowest BCUT2D eigenvalue weighted by atomic mass is 10.1. The Morgan fingerprint density at radius 3 is 2.48 bits per heavy atom. The molecule has 9 heteroatoms. The van der Waals surface area contributed by atoms with Crippen LogP contribution in [-0.2, 0) is 20.6 Å². The maximum absolute atomic E-state index is 12.2. The summed E-state index contributed by atoms with van der Waals surface area (Å²) in [5, 5.41) is 4.13. The van der Waals surface area contributed by atoms with Crippen molar-refractivity contribution < 1.29 is 13.2 Å². The second-order valence-corrected chi connectivity index (χ2v) is 11.2. The summed E-state index contributed by atoms with van der Waals surface area (Å²) in [6, 6.07) is 11.0. The van der Waals surface area contributed by atoms with E-state index in [1.165, 1.54) is 10.6 Å². The first-order chi connectivity index (χ1) is 14.6. The van der Waals surface area contributed by atoms with Crippen LogP contribution in [-0.4, -0.2) is 39.4 Å². The fraction of sp³-hybridized carbons (Fsp3) is 0.409. The lowest BCUT2D eigenvalue weighted by Gasteiger charge is -2.23. The SMILES string of the molecule is Cc1ccc(N(CCCC(=O)NCCSCc2ccc(Cl)cc2Cl)S(C)(=O)=O)cc1C. The lowest BCUT2D eigenvalue weighted by Crippen LogP contribution is -2.32. The number of sulfonamides is 1. The molecule has 1 N–H and O–H groups in total. The molecule has 170 valence electrons. The number of carbonyl (C=O) groups is 1. The number of nitrogens with zero attached hydrogens (tertiary/aromatic N) is 1. The fourth-order valence-corrected chi connectivity index (χ4v) is 5.30. The van der Waals surface area contributed by atoms with Crippen LogP contribution in [0, 0.1) is 13.8 Å². The fourth-order valence-electron chi connectivity index (χ4n) is 2.92. The molecule has 0 aromatic heterocycles. The summed E-state index contributed by atoms with van der Waals surface area (Å²) in [6.45, 7) is 4.74. The molecule has 1 amide bonds. The predicted octanol–water partition coefficient (Wildman–Crippen LogP) is 5.21. The highest BCUT2D eigenvalue weighted by molar-refractivity contribution is 7.98. The quantitative estimate of drug-likeness (QED) is 0.428. The number of anilines is 1. The maximum Gasteiger partial charge on any atom is 0.232 e. The molecular weight excluding hydrogens is 475 g/mol. The molecule has 0 saturated heterocycles. The van der Waals surface area contributed by atoms with Gasteiger partial charge in [-0.05, 0) is 61.2 Å². The number of benzene rings is 2. The highest BCUT2D eigenvalue weighted by Crippen LogP contribution is 2.24. The standard InChI is InChI=1S/C22H28Cl2N2O3S2/c1-16-6-9-20(13-17(16)2)26(31(3,28)29)11-4-5-22(27)25-10-12-30-15-18-7-8-19(23)14-21(18)24/h6-9,13-14H,4-5,10-12,15H2,1-3H3,(H,25,27). The average molecular weight is 504 g/mol. The molecular formula is C22H28Cl2N2O3S2. The van der Waals surface area contributed by atoms with Crippen LogP contribution in [0.4, 0.5) is 5.69 Å². The van der Waals surface area contributed by atoms with E-state index < -0.39 is 10.0 Å². The Balaban J connectivity index is 1.73. The minimum absolute atomic E-state index is 0.0846. The first-order valence-corrected chi connectivity index (χ1v) is 13.7. The van der Waals surface area contributed by atoms with Crippen molar-refractivity contribution in [2.45, 2.75) is 32.4 Å². The van der Waals surface area contributed by atoms with Crippen molar-refractivity contribution in [2.75, 3.05) is 29.4 Å². The summed E-state index contributed by atoms with van der Waals surface area (Å²) in [5.74, 6) is 1.41. The van der Waals surface area contributed by atoms with Crippen molar-refractivity contribution in [2.24, 2.45) is 0 Å². The Hall–Kier alpha value is -1.41. The van der Waals surface area contributed by atoms with Gasteiger partial charge in [-0.25, -0.2) is 8.42 Å². The average Bonchev–Trinajstić information content (AvgIpc) is 2.68. The molecule has 2 rings (SSSR count). The molecule has 0 saturated carbocycles. The molecule has 0 aliphatic heterocycles. The maximum atomic E-state index is 12.2. The van der Waals surface area contributed by atoms with E-state index in [1.807, 2.05) is 38.1 Å². The van der Waals surface area contributed by atoms with Gasteiger partial charge in [0.1, 0.15) is 0 Å². The Morgan fingerprint density at radius 2 is 1.84 bits per heavy atom. The van der Waals surface area contributed by atoms with Crippen LogP contribution in [0.1, 0.15) is 29.5 Å². The van der Waals surface area contributed by atoms with Crippen molar-refractivity contribution in [3.8, 4) is 0 Å². The number of carbonyl (C=O) groups excluding carboxylic acids is 1.